The van der Waals surface area contributed by atoms with Gasteiger partial charge in [-0.2, -0.15) is 14.6 Å². The molecule has 0 atom stereocenters. The lowest BCUT2D eigenvalue weighted by atomic mass is 10.4. The van der Waals surface area contributed by atoms with E-state index in [4.69, 9.17) is 11.6 Å². The van der Waals surface area contributed by atoms with Crippen molar-refractivity contribution < 1.29 is 0 Å². The van der Waals surface area contributed by atoms with Gasteiger partial charge in [0.2, 0.25) is 5.78 Å². The van der Waals surface area contributed by atoms with Gasteiger partial charge >= 0.3 is 0 Å². The van der Waals surface area contributed by atoms with Crippen molar-refractivity contribution >= 4 is 33.3 Å². The number of aromatic nitrogens is 4. The molecule has 0 spiro atoms. The molecule has 68 valence electrons. The van der Waals surface area contributed by atoms with Crippen molar-refractivity contribution in [3.05, 3.63) is 26.8 Å². The van der Waals surface area contributed by atoms with E-state index < -0.39 is 0 Å². The molecule has 2 heterocycles. The van der Waals surface area contributed by atoms with Crippen LogP contribution in [0.15, 0.2) is 15.6 Å². The number of alkyl halides is 1. The Kier molecular flexibility index (Phi) is 2.09. The second kappa shape index (κ2) is 3.12. The Morgan fingerprint density at radius 1 is 1.69 bits per heavy atom. The summed E-state index contributed by atoms with van der Waals surface area (Å²) < 4.78 is 1.56. The molecule has 2 aromatic rings. The van der Waals surface area contributed by atoms with Gasteiger partial charge in [0.05, 0.1) is 11.6 Å². The lowest BCUT2D eigenvalue weighted by molar-refractivity contribution is 0.877. The van der Waals surface area contributed by atoms with E-state index in [-0.39, 0.29) is 11.4 Å². The van der Waals surface area contributed by atoms with Crippen molar-refractivity contribution in [2.24, 2.45) is 0 Å². The minimum absolute atomic E-state index is 0.221. The number of nitrogens with one attached hydrogen (secondary N) is 1. The Bertz CT molecular complexity index is 505. The maximum atomic E-state index is 11.5. The molecule has 2 rings (SSSR count). The first-order chi connectivity index (χ1) is 6.24. The lowest BCUT2D eigenvalue weighted by Gasteiger charge is -1.99. The molecular weight excluding hydrogens is 259 g/mol. The van der Waals surface area contributed by atoms with E-state index in [1.165, 1.54) is 10.8 Å². The van der Waals surface area contributed by atoms with E-state index in [0.717, 1.165) is 0 Å². The summed E-state index contributed by atoms with van der Waals surface area (Å²) in [7, 11) is 0. The predicted octanol–water partition coefficient (Wildman–Crippen LogP) is 0.919. The van der Waals surface area contributed by atoms with Crippen molar-refractivity contribution in [1.29, 1.82) is 0 Å². The highest BCUT2D eigenvalue weighted by atomic mass is 79.9. The van der Waals surface area contributed by atoms with Crippen LogP contribution in [-0.2, 0) is 5.88 Å². The standard InChI is InChI=1S/C6H4BrClN4O/c7-4-3(1-8)11-6-9-2-10-12(6)5(4)13/h2H,1H2,(H,9,10,11). The van der Waals surface area contributed by atoms with Crippen LogP contribution in [0.2, 0.25) is 0 Å². The quantitative estimate of drug-likeness (QED) is 0.778. The number of fused-ring (bicyclic) bond motifs is 1. The minimum atomic E-state index is -0.262. The first-order valence-corrected chi connectivity index (χ1v) is 4.73. The third-order valence-electron chi connectivity index (χ3n) is 1.59. The number of halogens is 2. The highest BCUT2D eigenvalue weighted by Gasteiger charge is 2.09. The third-order valence-corrected chi connectivity index (χ3v) is 2.67. The van der Waals surface area contributed by atoms with Gasteiger partial charge in [-0.15, -0.1) is 11.6 Å². The van der Waals surface area contributed by atoms with Crippen LogP contribution >= 0.6 is 27.5 Å². The summed E-state index contributed by atoms with van der Waals surface area (Å²) in [6, 6.07) is 0. The Hall–Kier alpha value is -0.880. The van der Waals surface area contributed by atoms with Crippen LogP contribution < -0.4 is 5.56 Å². The molecule has 1 N–H and O–H groups in total. The van der Waals surface area contributed by atoms with Gasteiger partial charge in [0.25, 0.3) is 5.56 Å². The first-order valence-electron chi connectivity index (χ1n) is 3.40. The monoisotopic (exact) mass is 262 g/mol. The number of hydrogen-bond acceptors (Lipinski definition) is 3. The smallest absolute Gasteiger partial charge is 0.290 e. The van der Waals surface area contributed by atoms with E-state index in [2.05, 4.69) is 31.0 Å². The van der Waals surface area contributed by atoms with Gasteiger partial charge in [0.15, 0.2) is 0 Å². The predicted molar refractivity (Wildman–Crippen MR) is 50.9 cm³/mol. The van der Waals surface area contributed by atoms with Crippen molar-refractivity contribution in [2.75, 3.05) is 0 Å². The van der Waals surface area contributed by atoms with Gasteiger partial charge in [-0.05, 0) is 15.9 Å². The number of hydrogen-bond donors (Lipinski definition) is 1. The maximum absolute atomic E-state index is 11.5. The minimum Gasteiger partial charge on any atom is -0.325 e. The van der Waals surface area contributed by atoms with Crippen LogP contribution in [0, 0.1) is 0 Å². The summed E-state index contributed by atoms with van der Waals surface area (Å²) in [5, 5.41) is 3.74. The molecule has 0 aliphatic carbocycles. The zero-order valence-corrected chi connectivity index (χ0v) is 8.63. The molecule has 0 fully saturated rings. The van der Waals surface area contributed by atoms with Gasteiger partial charge in [-0.25, -0.2) is 0 Å². The molecule has 0 aliphatic heterocycles. The SMILES string of the molecule is O=c1c(Br)c(CCl)[nH]c2ncnn12. The third kappa shape index (κ3) is 1.26. The molecule has 5 nitrogen and oxygen atoms in total. The topological polar surface area (TPSA) is 63.0 Å². The number of H-pyrrole nitrogens is 1. The molecule has 13 heavy (non-hydrogen) atoms. The molecule has 0 radical (unpaired) electrons. The van der Waals surface area contributed by atoms with E-state index >= 15 is 0 Å². The second-order valence-corrected chi connectivity index (χ2v) is 3.41. The second-order valence-electron chi connectivity index (χ2n) is 2.35. The van der Waals surface area contributed by atoms with Crippen LogP contribution in [0.5, 0.6) is 0 Å². The van der Waals surface area contributed by atoms with Crippen molar-refractivity contribution in [2.45, 2.75) is 5.88 Å². The number of nitrogens with zero attached hydrogens (tertiary/aromatic N) is 3. The molecule has 0 saturated carbocycles. The summed E-state index contributed by atoms with van der Waals surface area (Å²) in [6.07, 6.45) is 1.30. The molecule has 0 saturated heterocycles. The Morgan fingerprint density at radius 3 is 3.15 bits per heavy atom. The van der Waals surface area contributed by atoms with Crippen molar-refractivity contribution in [1.82, 2.24) is 19.6 Å². The van der Waals surface area contributed by atoms with Crippen LogP contribution in [-0.4, -0.2) is 19.6 Å². The molecule has 0 bridgehead atoms. The molecule has 0 unspecified atom stereocenters. The fourth-order valence-electron chi connectivity index (χ4n) is 0.979. The van der Waals surface area contributed by atoms with Gasteiger partial charge < -0.3 is 4.98 Å². The Labute approximate surface area is 85.9 Å². The van der Waals surface area contributed by atoms with Crippen LogP contribution in [0.1, 0.15) is 5.69 Å². The summed E-state index contributed by atoms with van der Waals surface area (Å²) >= 11 is 8.74. The van der Waals surface area contributed by atoms with Crippen molar-refractivity contribution in [3.8, 4) is 0 Å². The van der Waals surface area contributed by atoms with E-state index in [0.29, 0.717) is 15.9 Å². The lowest BCUT2D eigenvalue weighted by Crippen LogP contribution is -2.17. The van der Waals surface area contributed by atoms with E-state index in [1.807, 2.05) is 0 Å². The Morgan fingerprint density at radius 2 is 2.46 bits per heavy atom. The highest BCUT2D eigenvalue weighted by Crippen LogP contribution is 2.11. The Balaban J connectivity index is 2.92. The molecule has 2 aromatic heterocycles. The molecule has 0 aromatic carbocycles. The number of rotatable bonds is 1. The molecule has 0 aliphatic rings. The number of aromatic amines is 1. The van der Waals surface area contributed by atoms with Gasteiger partial charge in [-0.3, -0.25) is 4.79 Å². The average molecular weight is 263 g/mol. The van der Waals surface area contributed by atoms with E-state index in [1.54, 1.807) is 0 Å². The van der Waals surface area contributed by atoms with Gasteiger partial charge in [-0.1, -0.05) is 0 Å². The largest absolute Gasteiger partial charge is 0.325 e. The highest BCUT2D eigenvalue weighted by molar-refractivity contribution is 9.10. The molecule has 0 amide bonds. The zero-order valence-electron chi connectivity index (χ0n) is 6.29. The first kappa shape index (κ1) is 8.71. The van der Waals surface area contributed by atoms with Crippen LogP contribution in [0.25, 0.3) is 5.78 Å². The average Bonchev–Trinajstić information content (AvgIpc) is 2.59. The van der Waals surface area contributed by atoms with Gasteiger partial charge in [0, 0.05) is 0 Å². The summed E-state index contributed by atoms with van der Waals surface area (Å²) in [5.74, 6) is 0.614. The van der Waals surface area contributed by atoms with Gasteiger partial charge in [0.1, 0.15) is 10.8 Å². The fourth-order valence-corrected chi connectivity index (χ4v) is 1.75. The summed E-state index contributed by atoms with van der Waals surface area (Å²) in [6.45, 7) is 0. The molecular formula is C6H4BrClN4O. The fraction of sp³-hybridized carbons (Fsp3) is 0.167. The van der Waals surface area contributed by atoms with Crippen LogP contribution in [0.4, 0.5) is 0 Å². The normalized spacial score (nSPS) is 10.9. The maximum Gasteiger partial charge on any atom is 0.290 e. The zero-order chi connectivity index (χ0) is 9.42. The van der Waals surface area contributed by atoms with Crippen LogP contribution in [0.3, 0.4) is 0 Å². The van der Waals surface area contributed by atoms with E-state index in [9.17, 15) is 4.79 Å². The summed E-state index contributed by atoms with van der Waals surface area (Å²) in [4.78, 5) is 18.2. The summed E-state index contributed by atoms with van der Waals surface area (Å²) in [5.41, 5.74) is 0.342. The molecule has 7 heteroatoms. The van der Waals surface area contributed by atoms with Crippen molar-refractivity contribution in [3.63, 3.8) is 0 Å².